The molecule has 2 rings (SSSR count). The molecule has 0 unspecified atom stereocenters. The van der Waals surface area contributed by atoms with E-state index < -0.39 is 5.97 Å². The maximum absolute atomic E-state index is 11.5. The topological polar surface area (TPSA) is 74.2 Å². The largest absolute Gasteiger partial charge is 0.493 e. The van der Waals surface area contributed by atoms with Gasteiger partial charge in [0, 0.05) is 11.1 Å². The molecule has 136 valence electrons. The average molecular weight is 355 g/mol. The molecule has 0 N–H and O–H groups in total. The Morgan fingerprint density at radius 3 is 2.38 bits per heavy atom. The van der Waals surface area contributed by atoms with Crippen molar-refractivity contribution in [3.05, 3.63) is 64.7 Å². The van der Waals surface area contributed by atoms with Crippen molar-refractivity contribution in [2.24, 2.45) is 5.16 Å². The number of carbonyl (C=O) groups is 2. The monoisotopic (exact) mass is 355 g/mol. The molecule has 0 bridgehead atoms. The van der Waals surface area contributed by atoms with Gasteiger partial charge < -0.3 is 14.3 Å². The van der Waals surface area contributed by atoms with Gasteiger partial charge in [-0.1, -0.05) is 17.3 Å². The van der Waals surface area contributed by atoms with Crippen molar-refractivity contribution in [1.82, 2.24) is 0 Å². The number of methoxy groups -OCH3 is 1. The predicted octanol–water partition coefficient (Wildman–Crippen LogP) is 3.63. The third-order valence-electron chi connectivity index (χ3n) is 3.59. The third kappa shape index (κ3) is 5.17. The number of Topliss-reactive ketones (excluding diaryl/α,β-unsaturated/α-hetero) is 1. The Morgan fingerprint density at radius 2 is 1.77 bits per heavy atom. The van der Waals surface area contributed by atoms with Gasteiger partial charge in [-0.2, -0.15) is 0 Å². The van der Waals surface area contributed by atoms with Crippen LogP contribution in [0.25, 0.3) is 0 Å². The van der Waals surface area contributed by atoms with E-state index in [1.54, 1.807) is 42.5 Å². The summed E-state index contributed by atoms with van der Waals surface area (Å²) in [6.45, 7) is 4.09. The minimum atomic E-state index is -0.390. The molecule has 0 aromatic heterocycles. The summed E-state index contributed by atoms with van der Waals surface area (Å²) in [6, 6.07) is 12.0. The normalized spacial score (nSPS) is 10.6. The van der Waals surface area contributed by atoms with Gasteiger partial charge in [0.1, 0.15) is 12.4 Å². The lowest BCUT2D eigenvalue weighted by molar-refractivity contribution is 0.0600. The molecule has 0 saturated heterocycles. The summed E-state index contributed by atoms with van der Waals surface area (Å²) in [5.74, 6) is 0.247. The fourth-order valence-corrected chi connectivity index (χ4v) is 2.24. The van der Waals surface area contributed by atoms with Crippen LogP contribution in [-0.2, 0) is 16.2 Å². The van der Waals surface area contributed by atoms with Crippen molar-refractivity contribution >= 4 is 18.0 Å². The molecule has 0 aliphatic rings. The van der Waals surface area contributed by atoms with Crippen LogP contribution in [0.15, 0.2) is 47.6 Å². The third-order valence-corrected chi connectivity index (χ3v) is 3.59. The van der Waals surface area contributed by atoms with Gasteiger partial charge in [0.15, 0.2) is 5.78 Å². The van der Waals surface area contributed by atoms with Crippen LogP contribution in [0.5, 0.6) is 5.75 Å². The highest BCUT2D eigenvalue weighted by Crippen LogP contribution is 2.21. The van der Waals surface area contributed by atoms with Crippen molar-refractivity contribution in [3.63, 3.8) is 0 Å². The Balaban J connectivity index is 2.02. The Kier molecular flexibility index (Phi) is 6.91. The van der Waals surface area contributed by atoms with E-state index >= 15 is 0 Å². The number of carbonyl (C=O) groups excluding carboxylic acids is 2. The molecule has 6 nitrogen and oxygen atoms in total. The average Bonchev–Trinajstić information content (AvgIpc) is 2.66. The number of benzene rings is 2. The molecule has 0 aliphatic carbocycles. The number of ketones is 1. The van der Waals surface area contributed by atoms with Crippen LogP contribution in [0.1, 0.15) is 45.7 Å². The van der Waals surface area contributed by atoms with E-state index in [9.17, 15) is 9.59 Å². The number of esters is 1. The summed E-state index contributed by atoms with van der Waals surface area (Å²) in [6.07, 6.45) is 1.54. The SMILES string of the molecule is CCOc1ccc(C(C)=O)cc1CON=Cc1ccc(C(=O)OC)cc1. The first-order valence-electron chi connectivity index (χ1n) is 8.15. The molecular weight excluding hydrogens is 334 g/mol. The number of oxime groups is 1. The van der Waals surface area contributed by atoms with Crippen molar-refractivity contribution in [2.75, 3.05) is 13.7 Å². The molecule has 0 fully saturated rings. The van der Waals surface area contributed by atoms with Crippen LogP contribution < -0.4 is 4.74 Å². The molecule has 0 aliphatic heterocycles. The lowest BCUT2D eigenvalue weighted by Crippen LogP contribution is -2.01. The van der Waals surface area contributed by atoms with Crippen LogP contribution in [0.4, 0.5) is 0 Å². The highest BCUT2D eigenvalue weighted by atomic mass is 16.6. The molecule has 6 heteroatoms. The van der Waals surface area contributed by atoms with Gasteiger partial charge in [0.25, 0.3) is 0 Å². The van der Waals surface area contributed by atoms with E-state index in [0.29, 0.717) is 23.5 Å². The predicted molar refractivity (Wildman–Crippen MR) is 97.8 cm³/mol. The van der Waals surface area contributed by atoms with E-state index in [1.165, 1.54) is 20.2 Å². The fraction of sp³-hybridized carbons (Fsp3) is 0.250. The van der Waals surface area contributed by atoms with Crippen molar-refractivity contribution < 1.29 is 23.9 Å². The molecule has 2 aromatic carbocycles. The first-order valence-corrected chi connectivity index (χ1v) is 8.15. The highest BCUT2D eigenvalue weighted by molar-refractivity contribution is 5.94. The molecule has 26 heavy (non-hydrogen) atoms. The smallest absolute Gasteiger partial charge is 0.337 e. The van der Waals surface area contributed by atoms with Gasteiger partial charge in [-0.25, -0.2) is 4.79 Å². The minimum absolute atomic E-state index is 0.0245. The zero-order valence-electron chi connectivity index (χ0n) is 15.0. The van der Waals surface area contributed by atoms with Crippen LogP contribution in [0.3, 0.4) is 0 Å². The quantitative estimate of drug-likeness (QED) is 0.313. The van der Waals surface area contributed by atoms with Crippen LogP contribution >= 0.6 is 0 Å². The van der Waals surface area contributed by atoms with E-state index in [4.69, 9.17) is 9.57 Å². The van der Waals surface area contributed by atoms with Crippen LogP contribution in [0.2, 0.25) is 0 Å². The second-order valence-electron chi connectivity index (χ2n) is 5.43. The summed E-state index contributed by atoms with van der Waals surface area (Å²) < 4.78 is 10.2. The molecule has 0 atom stereocenters. The van der Waals surface area contributed by atoms with Gasteiger partial charge in [-0.05, 0) is 49.7 Å². The highest BCUT2D eigenvalue weighted by Gasteiger charge is 2.08. The van der Waals surface area contributed by atoms with Crippen molar-refractivity contribution in [1.29, 1.82) is 0 Å². The van der Waals surface area contributed by atoms with Gasteiger partial charge in [-0.15, -0.1) is 0 Å². The summed E-state index contributed by atoms with van der Waals surface area (Å²) in [5.41, 5.74) is 2.58. The lowest BCUT2D eigenvalue weighted by Gasteiger charge is -2.10. The number of hydrogen-bond donors (Lipinski definition) is 0. The first-order chi connectivity index (χ1) is 12.5. The zero-order valence-corrected chi connectivity index (χ0v) is 15.0. The molecule has 0 heterocycles. The van der Waals surface area contributed by atoms with E-state index in [2.05, 4.69) is 9.89 Å². The van der Waals surface area contributed by atoms with Crippen molar-refractivity contribution in [2.45, 2.75) is 20.5 Å². The number of hydrogen-bond acceptors (Lipinski definition) is 6. The number of rotatable bonds is 8. The molecule has 2 aromatic rings. The Bertz CT molecular complexity index is 796. The molecule has 0 radical (unpaired) electrons. The lowest BCUT2D eigenvalue weighted by atomic mass is 10.1. The van der Waals surface area contributed by atoms with Gasteiger partial charge in [-0.3, -0.25) is 4.79 Å². The zero-order chi connectivity index (χ0) is 18.9. The summed E-state index contributed by atoms with van der Waals surface area (Å²) in [4.78, 5) is 28.3. The van der Waals surface area contributed by atoms with Crippen molar-refractivity contribution in [3.8, 4) is 5.75 Å². The fourth-order valence-electron chi connectivity index (χ4n) is 2.24. The molecule has 0 amide bonds. The van der Waals surface area contributed by atoms with Gasteiger partial charge >= 0.3 is 5.97 Å². The minimum Gasteiger partial charge on any atom is -0.493 e. The second kappa shape index (κ2) is 9.36. The molecule has 0 spiro atoms. The Hall–Kier alpha value is -3.15. The van der Waals surface area contributed by atoms with Crippen LogP contribution in [-0.4, -0.2) is 31.7 Å². The Morgan fingerprint density at radius 1 is 1.08 bits per heavy atom. The van der Waals surface area contributed by atoms with Gasteiger partial charge in [0.05, 0.1) is 25.5 Å². The first kappa shape index (κ1) is 19.2. The maximum atomic E-state index is 11.5. The van der Waals surface area contributed by atoms with E-state index in [1.807, 2.05) is 6.92 Å². The molecule has 0 saturated carbocycles. The summed E-state index contributed by atoms with van der Waals surface area (Å²) >= 11 is 0. The standard InChI is InChI=1S/C20H21NO5/c1-4-25-19-10-9-17(14(2)22)11-18(19)13-26-21-12-15-5-7-16(8-6-15)20(23)24-3/h5-12H,4,13H2,1-3H3. The number of ether oxygens (including phenoxy) is 2. The molecular formula is C20H21NO5. The number of nitrogens with zero attached hydrogens (tertiary/aromatic N) is 1. The second-order valence-corrected chi connectivity index (χ2v) is 5.43. The summed E-state index contributed by atoms with van der Waals surface area (Å²) in [5, 5.41) is 3.93. The van der Waals surface area contributed by atoms with E-state index in [0.717, 1.165) is 11.1 Å². The van der Waals surface area contributed by atoms with Crippen LogP contribution in [0, 0.1) is 0 Å². The Labute approximate surface area is 152 Å². The maximum Gasteiger partial charge on any atom is 0.337 e. The van der Waals surface area contributed by atoms with Gasteiger partial charge in [0.2, 0.25) is 0 Å². The summed E-state index contributed by atoms with van der Waals surface area (Å²) in [7, 11) is 1.34. The van der Waals surface area contributed by atoms with E-state index in [-0.39, 0.29) is 12.4 Å².